The zero-order valence-electron chi connectivity index (χ0n) is 9.21. The van der Waals surface area contributed by atoms with Crippen molar-refractivity contribution in [3.63, 3.8) is 0 Å². The lowest BCUT2D eigenvalue weighted by Gasteiger charge is -2.55. The van der Waals surface area contributed by atoms with Crippen molar-refractivity contribution in [2.45, 2.75) is 45.1 Å². The van der Waals surface area contributed by atoms with Gasteiger partial charge in [0.05, 0.1) is 0 Å². The molecule has 0 aromatic carbocycles. The highest BCUT2D eigenvalue weighted by Crippen LogP contribution is 2.49. The zero-order valence-corrected chi connectivity index (χ0v) is 9.21. The molecule has 2 aliphatic heterocycles. The number of piperidine rings is 1. The molecule has 3 atom stereocenters. The van der Waals surface area contributed by atoms with Crippen LogP contribution in [-0.2, 0) is 0 Å². The zero-order chi connectivity index (χ0) is 9.60. The van der Waals surface area contributed by atoms with E-state index in [1.165, 1.54) is 45.2 Å². The van der Waals surface area contributed by atoms with Crippen molar-refractivity contribution >= 4 is 0 Å². The number of hydrogen-bond donors (Lipinski definition) is 0. The molecule has 0 aromatic rings. The Balaban J connectivity index is 1.95. The van der Waals surface area contributed by atoms with E-state index in [1.54, 1.807) is 0 Å². The molecule has 1 aliphatic carbocycles. The quantitative estimate of drug-likeness (QED) is 0.532. The molecule has 1 saturated heterocycles. The van der Waals surface area contributed by atoms with Crippen LogP contribution >= 0.6 is 0 Å². The third kappa shape index (κ3) is 1.18. The lowest BCUT2D eigenvalue weighted by molar-refractivity contribution is -0.0289. The Kier molecular flexibility index (Phi) is 1.98. The van der Waals surface area contributed by atoms with E-state index in [0.29, 0.717) is 5.41 Å². The van der Waals surface area contributed by atoms with Gasteiger partial charge < -0.3 is 0 Å². The number of hydrogen-bond acceptors (Lipinski definition) is 1. The van der Waals surface area contributed by atoms with Crippen molar-refractivity contribution in [3.8, 4) is 0 Å². The molecule has 0 unspecified atom stereocenters. The minimum atomic E-state index is 0.645. The number of nitrogens with zero attached hydrogens (tertiary/aromatic N) is 1. The van der Waals surface area contributed by atoms with Crippen LogP contribution < -0.4 is 0 Å². The van der Waals surface area contributed by atoms with Crippen molar-refractivity contribution < 1.29 is 0 Å². The van der Waals surface area contributed by atoms with Crippen molar-refractivity contribution in [1.29, 1.82) is 0 Å². The van der Waals surface area contributed by atoms with Gasteiger partial charge >= 0.3 is 0 Å². The molecule has 2 fully saturated rings. The summed E-state index contributed by atoms with van der Waals surface area (Å²) in [6, 6.07) is 0.884. The fourth-order valence-electron chi connectivity index (χ4n) is 4.15. The summed E-state index contributed by atoms with van der Waals surface area (Å²) >= 11 is 0. The van der Waals surface area contributed by atoms with Crippen LogP contribution in [0.25, 0.3) is 0 Å². The molecule has 1 saturated carbocycles. The van der Waals surface area contributed by atoms with E-state index in [4.69, 9.17) is 0 Å². The molecule has 1 nitrogen and oxygen atoms in total. The highest BCUT2D eigenvalue weighted by Gasteiger charge is 2.46. The fourth-order valence-corrected chi connectivity index (χ4v) is 4.15. The molecule has 0 N–H and O–H groups in total. The van der Waals surface area contributed by atoms with E-state index in [9.17, 15) is 0 Å². The average Bonchev–Trinajstić information content (AvgIpc) is 2.18. The van der Waals surface area contributed by atoms with Gasteiger partial charge in [-0.05, 0) is 43.6 Å². The second kappa shape index (κ2) is 3.10. The molecule has 0 spiro atoms. The van der Waals surface area contributed by atoms with Gasteiger partial charge in [-0.15, -0.1) is 0 Å². The van der Waals surface area contributed by atoms with Crippen LogP contribution in [-0.4, -0.2) is 24.0 Å². The van der Waals surface area contributed by atoms with Crippen molar-refractivity contribution in [3.05, 3.63) is 12.2 Å². The lowest BCUT2D eigenvalue weighted by atomic mass is 9.61. The van der Waals surface area contributed by atoms with Gasteiger partial charge in [-0.1, -0.05) is 25.5 Å². The molecule has 14 heavy (non-hydrogen) atoms. The van der Waals surface area contributed by atoms with Gasteiger partial charge in [-0.2, -0.15) is 0 Å². The lowest BCUT2D eigenvalue weighted by Crippen LogP contribution is -2.57. The molecular weight excluding hydrogens is 170 g/mol. The van der Waals surface area contributed by atoms with Crippen LogP contribution in [0.5, 0.6) is 0 Å². The van der Waals surface area contributed by atoms with Gasteiger partial charge in [0.15, 0.2) is 0 Å². The standard InChI is InChI=1S/C13H21N/c1-13-7-2-5-11-6-3-9-14(12(11)13)10-4-8-13/h3,6,11-12H,2,4-5,7-10H2,1H3/t11-,12-,13-/m0/s1. The minimum Gasteiger partial charge on any atom is -0.296 e. The Morgan fingerprint density at radius 1 is 1.29 bits per heavy atom. The molecule has 2 heterocycles. The second-order valence-electron chi connectivity index (χ2n) is 5.68. The van der Waals surface area contributed by atoms with Gasteiger partial charge in [0.2, 0.25) is 0 Å². The minimum absolute atomic E-state index is 0.645. The SMILES string of the molecule is C[C@]12CCC[C@H]3C=CCN(CCC1)[C@@H]32. The van der Waals surface area contributed by atoms with E-state index in [2.05, 4.69) is 24.0 Å². The maximum atomic E-state index is 2.74. The molecule has 3 rings (SSSR count). The predicted molar refractivity (Wildman–Crippen MR) is 59.2 cm³/mol. The first-order chi connectivity index (χ1) is 6.80. The van der Waals surface area contributed by atoms with Crippen molar-refractivity contribution in [1.82, 2.24) is 4.90 Å². The smallest absolute Gasteiger partial charge is 0.0215 e. The van der Waals surface area contributed by atoms with E-state index in [0.717, 1.165) is 12.0 Å². The first-order valence-electron chi connectivity index (χ1n) is 6.20. The largest absolute Gasteiger partial charge is 0.296 e. The van der Waals surface area contributed by atoms with Crippen LogP contribution in [0.4, 0.5) is 0 Å². The summed E-state index contributed by atoms with van der Waals surface area (Å²) < 4.78 is 0. The molecule has 3 aliphatic rings. The molecule has 1 heteroatoms. The summed E-state index contributed by atoms with van der Waals surface area (Å²) in [5, 5.41) is 0. The summed E-state index contributed by atoms with van der Waals surface area (Å²) in [4.78, 5) is 2.74. The Labute approximate surface area is 87.2 Å². The van der Waals surface area contributed by atoms with Gasteiger partial charge in [-0.25, -0.2) is 0 Å². The summed E-state index contributed by atoms with van der Waals surface area (Å²) in [5.74, 6) is 0.878. The van der Waals surface area contributed by atoms with E-state index in [1.807, 2.05) is 0 Å². The Hall–Kier alpha value is -0.300. The topological polar surface area (TPSA) is 3.24 Å². The third-order valence-electron chi connectivity index (χ3n) is 4.71. The van der Waals surface area contributed by atoms with Crippen LogP contribution in [0.15, 0.2) is 12.2 Å². The monoisotopic (exact) mass is 191 g/mol. The molecule has 0 amide bonds. The highest BCUT2D eigenvalue weighted by atomic mass is 15.2. The molecular formula is C13H21N. The summed E-state index contributed by atoms with van der Waals surface area (Å²) in [7, 11) is 0. The summed E-state index contributed by atoms with van der Waals surface area (Å²) in [6.07, 6.45) is 12.2. The summed E-state index contributed by atoms with van der Waals surface area (Å²) in [6.45, 7) is 5.10. The Bertz CT molecular complexity index is 254. The van der Waals surface area contributed by atoms with Crippen molar-refractivity contribution in [2.75, 3.05) is 13.1 Å². The Morgan fingerprint density at radius 3 is 3.07 bits per heavy atom. The first kappa shape index (κ1) is 8.96. The van der Waals surface area contributed by atoms with Crippen LogP contribution in [0.3, 0.4) is 0 Å². The normalized spacial score (nSPS) is 47.5. The van der Waals surface area contributed by atoms with E-state index >= 15 is 0 Å². The average molecular weight is 191 g/mol. The van der Waals surface area contributed by atoms with Gasteiger partial charge in [0.1, 0.15) is 0 Å². The molecule has 0 bridgehead atoms. The van der Waals surface area contributed by atoms with Crippen LogP contribution in [0.2, 0.25) is 0 Å². The van der Waals surface area contributed by atoms with Gasteiger partial charge in [0.25, 0.3) is 0 Å². The summed E-state index contributed by atoms with van der Waals surface area (Å²) in [5.41, 5.74) is 0.645. The van der Waals surface area contributed by atoms with E-state index in [-0.39, 0.29) is 0 Å². The first-order valence-corrected chi connectivity index (χ1v) is 6.20. The van der Waals surface area contributed by atoms with Crippen LogP contribution in [0.1, 0.15) is 39.0 Å². The van der Waals surface area contributed by atoms with Crippen LogP contribution in [0, 0.1) is 11.3 Å². The van der Waals surface area contributed by atoms with Crippen molar-refractivity contribution in [2.24, 2.45) is 11.3 Å². The van der Waals surface area contributed by atoms with E-state index < -0.39 is 0 Å². The third-order valence-corrected chi connectivity index (χ3v) is 4.71. The van der Waals surface area contributed by atoms with Gasteiger partial charge in [0, 0.05) is 12.6 Å². The Morgan fingerprint density at radius 2 is 2.14 bits per heavy atom. The second-order valence-corrected chi connectivity index (χ2v) is 5.68. The maximum absolute atomic E-state index is 2.74. The maximum Gasteiger partial charge on any atom is 0.0215 e. The molecule has 0 aromatic heterocycles. The van der Waals surface area contributed by atoms with Gasteiger partial charge in [-0.3, -0.25) is 4.90 Å². The predicted octanol–water partition coefficient (Wildman–Crippen LogP) is 2.83. The highest BCUT2D eigenvalue weighted by molar-refractivity contribution is 5.11. The number of rotatable bonds is 0. The molecule has 78 valence electrons. The fraction of sp³-hybridized carbons (Fsp3) is 0.846. The molecule has 0 radical (unpaired) electrons.